The van der Waals surface area contributed by atoms with E-state index in [2.05, 4.69) is 26.1 Å². The molecule has 2 aromatic carbocycles. The number of carbonyl (C=O) groups is 2. The second kappa shape index (κ2) is 10.7. The number of aryl methyl sites for hydroxylation is 1. The number of carbonyl (C=O) groups excluding carboxylic acids is 2. The van der Waals surface area contributed by atoms with Gasteiger partial charge in [-0.25, -0.2) is 9.07 Å². The number of fused-ring (bicyclic) bond motifs is 1. The summed E-state index contributed by atoms with van der Waals surface area (Å²) < 4.78 is 17.0. The second-order valence-electron chi connectivity index (χ2n) is 10.6. The number of anilines is 1. The number of amides is 2. The van der Waals surface area contributed by atoms with Gasteiger partial charge in [-0.2, -0.15) is 5.10 Å². The van der Waals surface area contributed by atoms with Gasteiger partial charge in [0.25, 0.3) is 0 Å². The number of benzene rings is 2. The van der Waals surface area contributed by atoms with Crippen LogP contribution in [0.3, 0.4) is 0 Å². The molecule has 0 unspecified atom stereocenters. The highest BCUT2D eigenvalue weighted by Crippen LogP contribution is 2.49. The number of hydrogen-bond donors (Lipinski definition) is 1. The third-order valence-corrected chi connectivity index (χ3v) is 7.89. The lowest BCUT2D eigenvalue weighted by molar-refractivity contribution is -0.123. The van der Waals surface area contributed by atoms with Gasteiger partial charge in [-0.3, -0.25) is 14.5 Å². The lowest BCUT2D eigenvalue weighted by Crippen LogP contribution is -2.44. The van der Waals surface area contributed by atoms with Gasteiger partial charge in [0.15, 0.2) is 0 Å². The molecule has 1 aromatic heterocycles. The van der Waals surface area contributed by atoms with Crippen molar-refractivity contribution in [3.8, 4) is 5.69 Å². The monoisotopic (exact) mass is 522 g/mol. The van der Waals surface area contributed by atoms with Crippen molar-refractivity contribution < 1.29 is 14.0 Å². The molecule has 37 heavy (non-hydrogen) atoms. The molecule has 2 heterocycles. The standard InChI is InChI=1S/C29H35FN4O2S/c1-7-19(3)31-23(35)16-33-24(36)17-37-26(20-13-9-10-14-21(20)30)25-27(29(4,5)6)32-34(28(25)33)22-15-11-8-12-18(22)2/h8-15,19,26H,7,16-17H2,1-6H3,(H,31,35)/t19-,26+/m1/s1. The second-order valence-corrected chi connectivity index (χ2v) is 11.7. The number of nitrogens with zero attached hydrogens (tertiary/aromatic N) is 3. The van der Waals surface area contributed by atoms with Crippen molar-refractivity contribution in [3.63, 3.8) is 0 Å². The SMILES string of the molecule is CC[C@@H](C)NC(=O)CN1C(=O)CS[C@@H](c2ccccc2F)c2c(C(C)(C)C)nn(-c3ccccc3C)c21. The Labute approximate surface area is 222 Å². The van der Waals surface area contributed by atoms with Gasteiger partial charge in [0, 0.05) is 22.6 Å². The van der Waals surface area contributed by atoms with Crippen molar-refractivity contribution in [2.45, 2.75) is 64.7 Å². The molecule has 2 atom stereocenters. The maximum Gasteiger partial charge on any atom is 0.240 e. The molecule has 1 N–H and O–H groups in total. The fraction of sp³-hybridized carbons (Fsp3) is 0.414. The highest BCUT2D eigenvalue weighted by molar-refractivity contribution is 8.00. The average Bonchev–Trinajstić information content (AvgIpc) is 3.18. The van der Waals surface area contributed by atoms with Crippen LogP contribution in [-0.4, -0.2) is 39.9 Å². The largest absolute Gasteiger partial charge is 0.352 e. The lowest BCUT2D eigenvalue weighted by atomic mass is 9.87. The zero-order chi connectivity index (χ0) is 26.9. The van der Waals surface area contributed by atoms with E-state index in [9.17, 15) is 9.59 Å². The van der Waals surface area contributed by atoms with Gasteiger partial charge >= 0.3 is 0 Å². The van der Waals surface area contributed by atoms with Crippen LogP contribution < -0.4 is 10.2 Å². The summed E-state index contributed by atoms with van der Waals surface area (Å²) in [6, 6.07) is 14.5. The quantitative estimate of drug-likeness (QED) is 0.451. The van der Waals surface area contributed by atoms with E-state index in [-0.39, 0.29) is 36.0 Å². The summed E-state index contributed by atoms with van der Waals surface area (Å²) in [5.41, 5.74) is 3.43. The Hall–Kier alpha value is -3.13. The molecule has 1 aliphatic rings. The van der Waals surface area contributed by atoms with Crippen LogP contribution >= 0.6 is 11.8 Å². The van der Waals surface area contributed by atoms with E-state index in [0.717, 1.165) is 28.9 Å². The molecule has 0 spiro atoms. The van der Waals surface area contributed by atoms with E-state index in [0.29, 0.717) is 11.4 Å². The minimum absolute atomic E-state index is 0.0130. The molecule has 8 heteroatoms. The molecule has 2 amide bonds. The van der Waals surface area contributed by atoms with Gasteiger partial charge in [0.1, 0.15) is 18.2 Å². The van der Waals surface area contributed by atoms with Gasteiger partial charge < -0.3 is 5.32 Å². The van der Waals surface area contributed by atoms with Crippen LogP contribution in [0.15, 0.2) is 48.5 Å². The van der Waals surface area contributed by atoms with E-state index in [1.807, 2.05) is 51.1 Å². The first-order chi connectivity index (χ1) is 17.5. The molecule has 1 aliphatic heterocycles. The number of aromatic nitrogens is 2. The summed E-state index contributed by atoms with van der Waals surface area (Å²) in [5.74, 6) is -0.133. The van der Waals surface area contributed by atoms with Crippen LogP contribution in [0.25, 0.3) is 5.69 Å². The number of rotatable bonds is 6. The van der Waals surface area contributed by atoms with Crippen LogP contribution in [0.2, 0.25) is 0 Å². The fourth-order valence-corrected chi connectivity index (χ4v) is 5.76. The molecule has 3 aromatic rings. The van der Waals surface area contributed by atoms with Crippen molar-refractivity contribution in [2.24, 2.45) is 0 Å². The summed E-state index contributed by atoms with van der Waals surface area (Å²) in [6.45, 7) is 12.0. The van der Waals surface area contributed by atoms with Gasteiger partial charge in [-0.15, -0.1) is 11.8 Å². The Morgan fingerprint density at radius 3 is 2.51 bits per heavy atom. The lowest BCUT2D eigenvalue weighted by Gasteiger charge is -2.25. The Morgan fingerprint density at radius 1 is 1.19 bits per heavy atom. The maximum absolute atomic E-state index is 15.2. The van der Waals surface area contributed by atoms with E-state index < -0.39 is 10.7 Å². The van der Waals surface area contributed by atoms with E-state index in [4.69, 9.17) is 5.10 Å². The fourth-order valence-electron chi connectivity index (χ4n) is 4.54. The molecular weight excluding hydrogens is 487 g/mol. The van der Waals surface area contributed by atoms with Crippen molar-refractivity contribution in [1.82, 2.24) is 15.1 Å². The Morgan fingerprint density at radius 2 is 1.86 bits per heavy atom. The Bertz CT molecular complexity index is 1310. The molecule has 196 valence electrons. The number of nitrogens with one attached hydrogen (secondary N) is 1. The first-order valence-corrected chi connectivity index (χ1v) is 13.7. The number of halogens is 1. The Kier molecular flexibility index (Phi) is 7.78. The number of thioether (sulfide) groups is 1. The molecule has 0 fully saturated rings. The smallest absolute Gasteiger partial charge is 0.240 e. The first-order valence-electron chi connectivity index (χ1n) is 12.7. The third-order valence-electron chi connectivity index (χ3n) is 6.65. The summed E-state index contributed by atoms with van der Waals surface area (Å²) in [5, 5.41) is 7.58. The minimum Gasteiger partial charge on any atom is -0.352 e. The highest BCUT2D eigenvalue weighted by Gasteiger charge is 2.40. The third kappa shape index (κ3) is 5.44. The molecule has 0 radical (unpaired) electrons. The van der Waals surface area contributed by atoms with Crippen molar-refractivity contribution in [3.05, 3.63) is 76.7 Å². The number of hydrogen-bond acceptors (Lipinski definition) is 4. The van der Waals surface area contributed by atoms with Gasteiger partial charge in [0.05, 0.1) is 22.4 Å². The minimum atomic E-state index is -0.463. The van der Waals surface area contributed by atoms with Crippen molar-refractivity contribution >= 4 is 29.4 Å². The number of para-hydroxylation sites is 1. The predicted octanol–water partition coefficient (Wildman–Crippen LogP) is 5.70. The molecule has 6 nitrogen and oxygen atoms in total. The molecule has 4 rings (SSSR count). The first kappa shape index (κ1) is 26.9. The van der Waals surface area contributed by atoms with Crippen LogP contribution in [0.4, 0.5) is 10.2 Å². The Balaban J connectivity index is 2.02. The highest BCUT2D eigenvalue weighted by atomic mass is 32.2. The van der Waals surface area contributed by atoms with Gasteiger partial charge in [0.2, 0.25) is 11.8 Å². The molecule has 0 aliphatic carbocycles. The molecule has 0 saturated heterocycles. The van der Waals surface area contributed by atoms with E-state index in [1.165, 1.54) is 22.7 Å². The van der Waals surface area contributed by atoms with Crippen LogP contribution in [-0.2, 0) is 15.0 Å². The molecule has 0 bridgehead atoms. The average molecular weight is 523 g/mol. The van der Waals surface area contributed by atoms with Crippen molar-refractivity contribution in [1.29, 1.82) is 0 Å². The van der Waals surface area contributed by atoms with Crippen molar-refractivity contribution in [2.75, 3.05) is 17.2 Å². The normalized spacial score (nSPS) is 16.8. The summed E-state index contributed by atoms with van der Waals surface area (Å²) in [4.78, 5) is 28.3. The summed E-state index contributed by atoms with van der Waals surface area (Å²) in [6.07, 6.45) is 0.783. The molecular formula is C29H35FN4O2S. The van der Waals surface area contributed by atoms with Crippen LogP contribution in [0.1, 0.15) is 68.7 Å². The van der Waals surface area contributed by atoms with Crippen LogP contribution in [0, 0.1) is 12.7 Å². The zero-order valence-corrected chi connectivity index (χ0v) is 23.2. The molecule has 0 saturated carbocycles. The van der Waals surface area contributed by atoms with Gasteiger partial charge in [-0.05, 0) is 38.0 Å². The van der Waals surface area contributed by atoms with Gasteiger partial charge in [-0.1, -0.05) is 64.1 Å². The maximum atomic E-state index is 15.2. The zero-order valence-electron chi connectivity index (χ0n) is 22.3. The van der Waals surface area contributed by atoms with E-state index >= 15 is 4.39 Å². The summed E-state index contributed by atoms with van der Waals surface area (Å²) >= 11 is 1.38. The van der Waals surface area contributed by atoms with E-state index in [1.54, 1.807) is 16.8 Å². The van der Waals surface area contributed by atoms with Crippen LogP contribution in [0.5, 0.6) is 0 Å². The topological polar surface area (TPSA) is 67.2 Å². The summed E-state index contributed by atoms with van der Waals surface area (Å²) in [7, 11) is 0. The predicted molar refractivity (Wildman–Crippen MR) is 148 cm³/mol.